The Hall–Kier alpha value is -4.19. The summed E-state index contributed by atoms with van der Waals surface area (Å²) in [6, 6.07) is 16.8. The number of nitrogens with zero attached hydrogens (tertiary/aromatic N) is 2. The van der Waals surface area contributed by atoms with Crippen molar-refractivity contribution in [3.8, 4) is 11.8 Å². The lowest BCUT2D eigenvalue weighted by molar-refractivity contribution is -0.384. The topological polar surface area (TPSA) is 122 Å². The second kappa shape index (κ2) is 10.6. The molecule has 0 aromatic heterocycles. The summed E-state index contributed by atoms with van der Waals surface area (Å²) in [6.45, 7) is 1.66. The van der Waals surface area contributed by atoms with Gasteiger partial charge < -0.3 is 10.1 Å². The maximum atomic E-state index is 12.6. The van der Waals surface area contributed by atoms with Crippen LogP contribution in [-0.2, 0) is 4.79 Å². The summed E-state index contributed by atoms with van der Waals surface area (Å²) in [7, 11) is 0. The van der Waals surface area contributed by atoms with Crippen molar-refractivity contribution in [1.29, 1.82) is 5.26 Å². The number of nitro groups is 1. The second-order valence-electron chi connectivity index (χ2n) is 6.95. The monoisotopic (exact) mass is 495 g/mol. The summed E-state index contributed by atoms with van der Waals surface area (Å²) >= 11 is 12.5. The number of nitriles is 1. The molecule has 0 saturated carbocycles. The summed E-state index contributed by atoms with van der Waals surface area (Å²) in [5.74, 6) is -1.50. The van der Waals surface area contributed by atoms with Gasteiger partial charge in [0, 0.05) is 12.1 Å². The van der Waals surface area contributed by atoms with Gasteiger partial charge in [0.25, 0.3) is 11.6 Å². The number of halogens is 2. The van der Waals surface area contributed by atoms with E-state index >= 15 is 0 Å². The van der Waals surface area contributed by atoms with Gasteiger partial charge in [0.15, 0.2) is 5.75 Å². The average Bonchev–Trinajstić information content (AvgIpc) is 2.81. The van der Waals surface area contributed by atoms with Crippen LogP contribution < -0.4 is 10.1 Å². The van der Waals surface area contributed by atoms with Crippen molar-refractivity contribution in [2.75, 3.05) is 5.32 Å². The molecule has 34 heavy (non-hydrogen) atoms. The first-order valence-electron chi connectivity index (χ1n) is 9.64. The van der Waals surface area contributed by atoms with E-state index in [4.69, 9.17) is 27.9 Å². The lowest BCUT2D eigenvalue weighted by Gasteiger charge is -2.10. The van der Waals surface area contributed by atoms with Crippen LogP contribution in [-0.4, -0.2) is 16.8 Å². The Kier molecular flexibility index (Phi) is 7.64. The average molecular weight is 496 g/mol. The molecule has 0 fully saturated rings. The highest BCUT2D eigenvalue weighted by atomic mass is 35.5. The molecular formula is C24H15Cl2N3O5. The van der Waals surface area contributed by atoms with Crippen LogP contribution in [0.3, 0.4) is 0 Å². The van der Waals surface area contributed by atoms with Crippen LogP contribution in [0.5, 0.6) is 5.75 Å². The van der Waals surface area contributed by atoms with Crippen molar-refractivity contribution in [3.05, 3.63) is 103 Å². The first-order chi connectivity index (χ1) is 16.2. The van der Waals surface area contributed by atoms with E-state index in [1.165, 1.54) is 36.4 Å². The van der Waals surface area contributed by atoms with E-state index in [1.54, 1.807) is 43.3 Å². The summed E-state index contributed by atoms with van der Waals surface area (Å²) in [4.78, 5) is 35.3. The molecule has 0 unspecified atom stereocenters. The van der Waals surface area contributed by atoms with Crippen molar-refractivity contribution < 1.29 is 19.2 Å². The lowest BCUT2D eigenvalue weighted by Crippen LogP contribution is -2.14. The number of amides is 1. The van der Waals surface area contributed by atoms with E-state index in [2.05, 4.69) is 5.32 Å². The van der Waals surface area contributed by atoms with Gasteiger partial charge in [-0.25, -0.2) is 4.79 Å². The number of carbonyl (C=O) groups excluding carboxylic acids is 2. The Labute approximate surface area is 204 Å². The highest BCUT2D eigenvalue weighted by molar-refractivity contribution is 6.37. The quantitative estimate of drug-likeness (QED) is 0.112. The largest absolute Gasteiger partial charge is 0.420 e. The fourth-order valence-corrected chi connectivity index (χ4v) is 3.43. The Morgan fingerprint density at radius 3 is 2.32 bits per heavy atom. The van der Waals surface area contributed by atoms with Gasteiger partial charge in [0.05, 0.1) is 26.2 Å². The first kappa shape index (κ1) is 24.5. The molecule has 0 aliphatic heterocycles. The summed E-state index contributed by atoms with van der Waals surface area (Å²) in [6.07, 6.45) is 1.24. The fraction of sp³-hybridized carbons (Fsp3) is 0.0417. The van der Waals surface area contributed by atoms with Crippen molar-refractivity contribution in [2.24, 2.45) is 0 Å². The SMILES string of the molecule is Cc1ccc([N+](=O)[O-])cc1NC(=O)/C(C#N)=C/c1cc(Cl)c(OC(=O)c2ccccc2)c(Cl)c1. The molecule has 8 nitrogen and oxygen atoms in total. The smallest absolute Gasteiger partial charge is 0.343 e. The van der Waals surface area contributed by atoms with Crippen LogP contribution in [0.4, 0.5) is 11.4 Å². The first-order valence-corrected chi connectivity index (χ1v) is 10.4. The number of aryl methyl sites for hydroxylation is 1. The van der Waals surface area contributed by atoms with Gasteiger partial charge in [0.1, 0.15) is 11.6 Å². The molecule has 3 rings (SSSR count). The minimum Gasteiger partial charge on any atom is -0.420 e. The molecule has 0 heterocycles. The van der Waals surface area contributed by atoms with Gasteiger partial charge in [-0.1, -0.05) is 47.5 Å². The minimum absolute atomic E-state index is 0.00439. The number of hydrogen-bond acceptors (Lipinski definition) is 6. The molecule has 170 valence electrons. The van der Waals surface area contributed by atoms with Crippen LogP contribution in [0.2, 0.25) is 10.0 Å². The molecule has 3 aromatic rings. The molecule has 1 amide bonds. The molecule has 0 spiro atoms. The fourth-order valence-electron chi connectivity index (χ4n) is 2.85. The Morgan fingerprint density at radius 2 is 1.74 bits per heavy atom. The van der Waals surface area contributed by atoms with E-state index in [0.29, 0.717) is 16.7 Å². The normalized spacial score (nSPS) is 10.8. The lowest BCUT2D eigenvalue weighted by atomic mass is 10.1. The van der Waals surface area contributed by atoms with Crippen LogP contribution in [0.15, 0.2) is 66.2 Å². The molecule has 0 radical (unpaired) electrons. The van der Waals surface area contributed by atoms with Crippen molar-refractivity contribution >= 4 is 52.5 Å². The molecule has 0 aliphatic rings. The van der Waals surface area contributed by atoms with E-state index in [1.807, 2.05) is 0 Å². The zero-order chi connectivity index (χ0) is 24.8. The van der Waals surface area contributed by atoms with Gasteiger partial charge in [-0.05, 0) is 48.4 Å². The molecule has 0 saturated heterocycles. The predicted octanol–water partition coefficient (Wildman–Crippen LogP) is 5.97. The standard InChI is InChI=1S/C24H15Cl2N3O5/c1-14-7-8-18(29(32)33)12-21(14)28-23(30)17(13-27)9-15-10-19(25)22(20(26)11-15)34-24(31)16-5-3-2-4-6-16/h2-12H,1H3,(H,28,30)/b17-9+. The van der Waals surface area contributed by atoms with Gasteiger partial charge in [-0.15, -0.1) is 0 Å². The number of non-ortho nitro benzene ring substituents is 1. The van der Waals surface area contributed by atoms with Gasteiger partial charge in [0.2, 0.25) is 0 Å². The number of hydrogen-bond donors (Lipinski definition) is 1. The van der Waals surface area contributed by atoms with Gasteiger partial charge in [-0.2, -0.15) is 5.26 Å². The molecular weight excluding hydrogens is 481 g/mol. The summed E-state index contributed by atoms with van der Waals surface area (Å²) < 4.78 is 5.30. The maximum Gasteiger partial charge on any atom is 0.343 e. The highest BCUT2D eigenvalue weighted by Crippen LogP contribution is 2.35. The van der Waals surface area contributed by atoms with Crippen LogP contribution in [0.25, 0.3) is 6.08 Å². The Balaban J connectivity index is 1.84. The Morgan fingerprint density at radius 1 is 1.09 bits per heavy atom. The summed E-state index contributed by atoms with van der Waals surface area (Å²) in [5.41, 5.74) is 0.872. The van der Waals surface area contributed by atoms with Crippen LogP contribution in [0.1, 0.15) is 21.5 Å². The van der Waals surface area contributed by atoms with E-state index in [0.717, 1.165) is 0 Å². The third-order valence-corrected chi connectivity index (χ3v) is 5.14. The number of ether oxygens (including phenoxy) is 1. The number of esters is 1. The predicted molar refractivity (Wildman–Crippen MR) is 128 cm³/mol. The molecule has 10 heteroatoms. The summed E-state index contributed by atoms with van der Waals surface area (Å²) in [5, 5.41) is 22.9. The van der Waals surface area contributed by atoms with Crippen molar-refractivity contribution in [1.82, 2.24) is 0 Å². The number of carbonyl (C=O) groups is 2. The highest BCUT2D eigenvalue weighted by Gasteiger charge is 2.17. The molecule has 3 aromatic carbocycles. The zero-order valence-electron chi connectivity index (χ0n) is 17.5. The Bertz CT molecular complexity index is 1340. The van der Waals surface area contributed by atoms with Crippen LogP contribution >= 0.6 is 23.2 Å². The van der Waals surface area contributed by atoms with E-state index < -0.39 is 16.8 Å². The zero-order valence-corrected chi connectivity index (χ0v) is 19.1. The maximum absolute atomic E-state index is 12.6. The number of nitrogens with one attached hydrogen (secondary N) is 1. The molecule has 0 atom stereocenters. The third-order valence-electron chi connectivity index (χ3n) is 4.58. The van der Waals surface area contributed by atoms with Gasteiger partial charge in [-0.3, -0.25) is 14.9 Å². The molecule has 0 aliphatic carbocycles. The number of benzene rings is 3. The van der Waals surface area contributed by atoms with E-state index in [-0.39, 0.29) is 32.7 Å². The van der Waals surface area contributed by atoms with Crippen LogP contribution in [0, 0.1) is 28.4 Å². The number of nitro benzene ring substituents is 1. The molecule has 1 N–H and O–H groups in total. The van der Waals surface area contributed by atoms with Crippen molar-refractivity contribution in [2.45, 2.75) is 6.92 Å². The number of rotatable bonds is 6. The van der Waals surface area contributed by atoms with Gasteiger partial charge >= 0.3 is 5.97 Å². The minimum atomic E-state index is -0.780. The number of anilines is 1. The second-order valence-corrected chi connectivity index (χ2v) is 7.76. The van der Waals surface area contributed by atoms with Crippen molar-refractivity contribution in [3.63, 3.8) is 0 Å². The molecule has 0 bridgehead atoms. The third kappa shape index (κ3) is 5.78. The van der Waals surface area contributed by atoms with E-state index in [9.17, 15) is 25.0 Å².